The minimum absolute atomic E-state index is 0.00507. The summed E-state index contributed by atoms with van der Waals surface area (Å²) in [7, 11) is 3.04. The van der Waals surface area contributed by atoms with Gasteiger partial charge in [-0.2, -0.15) is 0 Å². The Labute approximate surface area is 196 Å². The van der Waals surface area contributed by atoms with Crippen LogP contribution in [-0.4, -0.2) is 35.9 Å². The number of halogens is 1. The number of carbonyl (C=O) groups excluding carboxylic acids is 2. The molecule has 1 saturated heterocycles. The molecule has 0 aliphatic carbocycles. The fraction of sp³-hybridized carbons (Fsp3) is 0.154. The van der Waals surface area contributed by atoms with Crippen molar-refractivity contribution in [3.8, 4) is 11.5 Å². The molecule has 0 radical (unpaired) electrons. The maximum Gasteiger partial charge on any atom is 0.295 e. The number of Topliss-reactive ketones (excluding diaryl/α,β-unsaturated/α-hetero) is 1. The lowest BCUT2D eigenvalue weighted by Crippen LogP contribution is -2.29. The van der Waals surface area contributed by atoms with Crippen molar-refractivity contribution in [2.45, 2.75) is 12.6 Å². The standard InChI is InChI=1S/C26H22ClNO5/c1-32-20-13-10-18(14-21(20)33-2)23-22(24(29)17-8-11-19(27)12-9-17)25(30)26(31)28(23)15-16-6-4-3-5-7-16/h3-14,23,29H,15H2,1-2H3/b24-22+. The molecule has 168 valence electrons. The van der Waals surface area contributed by atoms with E-state index in [1.165, 1.54) is 19.1 Å². The molecule has 1 aliphatic rings. The molecule has 0 bridgehead atoms. The summed E-state index contributed by atoms with van der Waals surface area (Å²) < 4.78 is 10.8. The van der Waals surface area contributed by atoms with Crippen LogP contribution in [-0.2, 0) is 16.1 Å². The normalized spacial score (nSPS) is 17.3. The van der Waals surface area contributed by atoms with E-state index in [4.69, 9.17) is 21.1 Å². The molecule has 1 aliphatic heterocycles. The number of carbonyl (C=O) groups is 2. The molecule has 6 nitrogen and oxygen atoms in total. The number of aliphatic hydroxyl groups excluding tert-OH is 1. The van der Waals surface area contributed by atoms with Gasteiger partial charge in [-0.05, 0) is 47.5 Å². The number of aliphatic hydroxyl groups is 1. The van der Waals surface area contributed by atoms with E-state index in [2.05, 4.69) is 0 Å². The first-order valence-corrected chi connectivity index (χ1v) is 10.6. The van der Waals surface area contributed by atoms with Crippen molar-refractivity contribution in [3.05, 3.63) is 100 Å². The van der Waals surface area contributed by atoms with E-state index >= 15 is 0 Å². The zero-order chi connectivity index (χ0) is 23.5. The van der Waals surface area contributed by atoms with E-state index in [0.29, 0.717) is 27.6 Å². The zero-order valence-corrected chi connectivity index (χ0v) is 18.9. The molecule has 1 amide bonds. The van der Waals surface area contributed by atoms with Gasteiger partial charge in [0, 0.05) is 17.1 Å². The van der Waals surface area contributed by atoms with Crippen LogP contribution in [0.5, 0.6) is 11.5 Å². The molecular formula is C26H22ClNO5. The molecule has 1 fully saturated rings. The first-order chi connectivity index (χ1) is 15.9. The SMILES string of the molecule is COc1ccc(C2/C(=C(\O)c3ccc(Cl)cc3)C(=O)C(=O)N2Cc2ccccc2)cc1OC. The van der Waals surface area contributed by atoms with E-state index in [-0.39, 0.29) is 17.9 Å². The lowest BCUT2D eigenvalue weighted by atomic mass is 9.95. The molecule has 7 heteroatoms. The van der Waals surface area contributed by atoms with E-state index < -0.39 is 17.7 Å². The molecule has 4 rings (SSSR count). The van der Waals surface area contributed by atoms with Gasteiger partial charge >= 0.3 is 0 Å². The third-order valence-electron chi connectivity index (χ3n) is 5.58. The van der Waals surface area contributed by atoms with Gasteiger partial charge in [-0.3, -0.25) is 9.59 Å². The van der Waals surface area contributed by atoms with Gasteiger partial charge in [0.25, 0.3) is 11.7 Å². The fourth-order valence-electron chi connectivity index (χ4n) is 3.96. The number of nitrogens with zero attached hydrogens (tertiary/aromatic N) is 1. The molecule has 0 saturated carbocycles. The number of rotatable bonds is 6. The second-order valence-corrected chi connectivity index (χ2v) is 7.97. The Bertz CT molecular complexity index is 1220. The second kappa shape index (κ2) is 9.38. The van der Waals surface area contributed by atoms with Crippen molar-refractivity contribution < 1.29 is 24.2 Å². The number of ether oxygens (including phenoxy) is 2. The molecule has 0 aromatic heterocycles. The van der Waals surface area contributed by atoms with Crippen molar-refractivity contribution in [3.63, 3.8) is 0 Å². The van der Waals surface area contributed by atoms with Crippen LogP contribution in [0.15, 0.2) is 78.4 Å². The molecular weight excluding hydrogens is 442 g/mol. The quantitative estimate of drug-likeness (QED) is 0.317. The average Bonchev–Trinajstić information content (AvgIpc) is 3.09. The monoisotopic (exact) mass is 463 g/mol. The van der Waals surface area contributed by atoms with Crippen LogP contribution < -0.4 is 9.47 Å². The Morgan fingerprint density at radius 1 is 0.939 bits per heavy atom. The smallest absolute Gasteiger partial charge is 0.295 e. The number of benzene rings is 3. The fourth-order valence-corrected chi connectivity index (χ4v) is 4.08. The lowest BCUT2D eigenvalue weighted by molar-refractivity contribution is -0.140. The Morgan fingerprint density at radius 2 is 1.61 bits per heavy atom. The highest BCUT2D eigenvalue weighted by Crippen LogP contribution is 2.42. The van der Waals surface area contributed by atoms with Gasteiger partial charge in [-0.1, -0.05) is 48.0 Å². The summed E-state index contributed by atoms with van der Waals surface area (Å²) in [5, 5.41) is 11.6. The zero-order valence-electron chi connectivity index (χ0n) is 18.1. The van der Waals surface area contributed by atoms with Crippen molar-refractivity contribution in [2.24, 2.45) is 0 Å². The van der Waals surface area contributed by atoms with Crippen LogP contribution in [0.3, 0.4) is 0 Å². The van der Waals surface area contributed by atoms with Crippen molar-refractivity contribution in [2.75, 3.05) is 14.2 Å². The van der Waals surface area contributed by atoms with Crippen LogP contribution in [0, 0.1) is 0 Å². The third-order valence-corrected chi connectivity index (χ3v) is 5.83. The number of methoxy groups -OCH3 is 2. The van der Waals surface area contributed by atoms with E-state index in [0.717, 1.165) is 5.56 Å². The van der Waals surface area contributed by atoms with Gasteiger partial charge < -0.3 is 19.5 Å². The number of likely N-dealkylation sites (tertiary alicyclic amines) is 1. The molecule has 1 atom stereocenters. The summed E-state index contributed by atoms with van der Waals surface area (Å²) in [4.78, 5) is 27.7. The first-order valence-electron chi connectivity index (χ1n) is 10.2. The number of hydrogen-bond acceptors (Lipinski definition) is 5. The largest absolute Gasteiger partial charge is 0.507 e. The van der Waals surface area contributed by atoms with Crippen LogP contribution in [0.2, 0.25) is 5.02 Å². The lowest BCUT2D eigenvalue weighted by Gasteiger charge is -2.26. The summed E-state index contributed by atoms with van der Waals surface area (Å²) in [6.45, 7) is 0.196. The summed E-state index contributed by atoms with van der Waals surface area (Å²) in [5.74, 6) is -0.738. The molecule has 3 aromatic rings. The van der Waals surface area contributed by atoms with Gasteiger partial charge in [0.1, 0.15) is 5.76 Å². The first kappa shape index (κ1) is 22.4. The molecule has 1 heterocycles. The minimum Gasteiger partial charge on any atom is -0.507 e. The van der Waals surface area contributed by atoms with Crippen LogP contribution in [0.4, 0.5) is 0 Å². The highest BCUT2D eigenvalue weighted by Gasteiger charge is 2.46. The van der Waals surface area contributed by atoms with Crippen molar-refractivity contribution in [1.82, 2.24) is 4.90 Å². The predicted octanol–water partition coefficient (Wildman–Crippen LogP) is 4.98. The van der Waals surface area contributed by atoms with Gasteiger partial charge in [0.05, 0.1) is 25.8 Å². The van der Waals surface area contributed by atoms with Gasteiger partial charge in [-0.15, -0.1) is 0 Å². The Kier molecular flexibility index (Phi) is 6.38. The number of hydrogen-bond donors (Lipinski definition) is 1. The Hall–Kier alpha value is -3.77. The van der Waals surface area contributed by atoms with Crippen molar-refractivity contribution in [1.29, 1.82) is 0 Å². The Morgan fingerprint density at radius 3 is 2.24 bits per heavy atom. The molecule has 1 N–H and O–H groups in total. The number of ketones is 1. The maximum atomic E-state index is 13.2. The maximum absolute atomic E-state index is 13.2. The molecule has 1 unspecified atom stereocenters. The van der Waals surface area contributed by atoms with Crippen LogP contribution >= 0.6 is 11.6 Å². The molecule has 33 heavy (non-hydrogen) atoms. The van der Waals surface area contributed by atoms with E-state index in [1.54, 1.807) is 42.5 Å². The molecule has 0 spiro atoms. The molecule has 3 aromatic carbocycles. The van der Waals surface area contributed by atoms with Crippen LogP contribution in [0.25, 0.3) is 5.76 Å². The van der Waals surface area contributed by atoms with Gasteiger partial charge in [0.2, 0.25) is 0 Å². The predicted molar refractivity (Wildman–Crippen MR) is 125 cm³/mol. The topological polar surface area (TPSA) is 76.1 Å². The average molecular weight is 464 g/mol. The second-order valence-electron chi connectivity index (χ2n) is 7.53. The van der Waals surface area contributed by atoms with E-state index in [9.17, 15) is 14.7 Å². The van der Waals surface area contributed by atoms with Gasteiger partial charge in [0.15, 0.2) is 11.5 Å². The summed E-state index contributed by atoms with van der Waals surface area (Å²) >= 11 is 5.98. The summed E-state index contributed by atoms with van der Waals surface area (Å²) in [6, 6.07) is 20.2. The summed E-state index contributed by atoms with van der Waals surface area (Å²) in [5.41, 5.74) is 1.86. The third kappa shape index (κ3) is 4.30. The van der Waals surface area contributed by atoms with Crippen LogP contribution in [0.1, 0.15) is 22.7 Å². The van der Waals surface area contributed by atoms with Crippen molar-refractivity contribution >= 4 is 29.1 Å². The minimum atomic E-state index is -0.819. The van der Waals surface area contributed by atoms with Gasteiger partial charge in [-0.25, -0.2) is 0 Å². The van der Waals surface area contributed by atoms with E-state index in [1.807, 2.05) is 30.3 Å². The number of amides is 1. The Balaban J connectivity index is 1.89. The highest BCUT2D eigenvalue weighted by atomic mass is 35.5. The summed E-state index contributed by atoms with van der Waals surface area (Å²) in [6.07, 6.45) is 0. The highest BCUT2D eigenvalue weighted by molar-refractivity contribution is 6.46.